The van der Waals surface area contributed by atoms with Crippen LogP contribution in [0.1, 0.15) is 100 Å². The monoisotopic (exact) mass is 1050 g/mol. The van der Waals surface area contributed by atoms with Gasteiger partial charge in [-0.3, -0.25) is 24.1 Å². The molecule has 2 saturated heterocycles. The van der Waals surface area contributed by atoms with Crippen molar-refractivity contribution >= 4 is 57.7 Å². The number of alkyl halides is 1. The third-order valence-corrected chi connectivity index (χ3v) is 15.0. The Bertz CT molecular complexity index is 2680. The van der Waals surface area contributed by atoms with Gasteiger partial charge in [0, 0.05) is 71.0 Å². The number of nitrogens with one attached hydrogen (secondary N) is 2. The predicted molar refractivity (Wildman–Crippen MR) is 292 cm³/mol. The number of phenols is 2. The van der Waals surface area contributed by atoms with Crippen molar-refractivity contribution in [3.63, 3.8) is 0 Å². The summed E-state index contributed by atoms with van der Waals surface area (Å²) in [5.41, 5.74) is 8.94. The van der Waals surface area contributed by atoms with Crippen molar-refractivity contribution in [2.45, 2.75) is 104 Å². The first kappa shape index (κ1) is 55.5. The number of allylic oxidation sites excluding steroid dienone is 1. The van der Waals surface area contributed by atoms with Crippen molar-refractivity contribution in [1.82, 2.24) is 30.3 Å². The van der Waals surface area contributed by atoms with Crippen LogP contribution in [0.3, 0.4) is 0 Å². The van der Waals surface area contributed by atoms with E-state index in [1.165, 1.54) is 4.90 Å². The van der Waals surface area contributed by atoms with Gasteiger partial charge in [-0.1, -0.05) is 94.3 Å². The van der Waals surface area contributed by atoms with Gasteiger partial charge in [0.25, 0.3) is 0 Å². The Balaban J connectivity index is 0.793. The molecule has 0 spiro atoms. The summed E-state index contributed by atoms with van der Waals surface area (Å²) in [7, 11) is 0. The number of amides is 4. The lowest BCUT2D eigenvalue weighted by atomic mass is 9.85. The third-order valence-electron chi connectivity index (χ3n) is 13.8. The lowest BCUT2D eigenvalue weighted by Crippen LogP contribution is -2.57. The van der Waals surface area contributed by atoms with Crippen molar-refractivity contribution in [3.05, 3.63) is 131 Å². The van der Waals surface area contributed by atoms with E-state index in [-0.39, 0.29) is 55.2 Å². The van der Waals surface area contributed by atoms with E-state index in [1.54, 1.807) is 35.6 Å². The lowest BCUT2D eigenvalue weighted by Gasteiger charge is -2.35. The Morgan fingerprint density at radius 3 is 2.00 bits per heavy atom. The van der Waals surface area contributed by atoms with Gasteiger partial charge < -0.3 is 40.5 Å². The van der Waals surface area contributed by atoms with E-state index < -0.39 is 29.5 Å². The maximum absolute atomic E-state index is 14.1. The number of rotatable bonds is 22. The van der Waals surface area contributed by atoms with Crippen LogP contribution in [0.2, 0.25) is 0 Å². The molecule has 16 heteroatoms. The molecule has 2 aliphatic heterocycles. The minimum atomic E-state index is -0.891. The first-order valence-corrected chi connectivity index (χ1v) is 27.2. The molecule has 1 aromatic heterocycles. The number of aliphatic hydroxyl groups excluding tert-OH is 1. The van der Waals surface area contributed by atoms with Crippen molar-refractivity contribution in [1.29, 1.82) is 0 Å². The molecule has 7 rings (SSSR count). The number of likely N-dealkylation sites (tertiary alicyclic amines) is 1. The Labute approximate surface area is 444 Å². The average molecular weight is 1050 g/mol. The van der Waals surface area contributed by atoms with E-state index in [2.05, 4.69) is 20.5 Å². The number of halogens is 1. The molecule has 3 heterocycles. The number of carbonyl (C=O) groups excluding carboxylic acids is 4. The highest BCUT2D eigenvalue weighted by molar-refractivity contribution is 7.13. The van der Waals surface area contributed by atoms with E-state index >= 15 is 0 Å². The van der Waals surface area contributed by atoms with Gasteiger partial charge >= 0.3 is 0 Å². The maximum Gasteiger partial charge on any atom is 0.246 e. The zero-order valence-corrected chi connectivity index (χ0v) is 44.6. The third kappa shape index (κ3) is 15.2. The molecular weight excluding hydrogens is 976 g/mol. The summed E-state index contributed by atoms with van der Waals surface area (Å²) >= 11 is 7.89. The number of nitrogens with zero attached hydrogens (tertiary/aromatic N) is 4. The molecule has 4 amide bonds. The number of hydrogen-bond acceptors (Lipinski definition) is 11. The van der Waals surface area contributed by atoms with E-state index in [0.29, 0.717) is 44.8 Å². The quantitative estimate of drug-likeness (QED) is 0.0255. The molecule has 5 N–H and O–H groups in total. The highest BCUT2D eigenvalue weighted by Crippen LogP contribution is 2.37. The summed E-state index contributed by atoms with van der Waals surface area (Å²) in [6.07, 6.45) is 3.46. The molecule has 5 aromatic rings. The lowest BCUT2D eigenvalue weighted by molar-refractivity contribution is -0.144. The average Bonchev–Trinajstić information content (AvgIpc) is 4.01. The first-order valence-electron chi connectivity index (χ1n) is 25.7. The van der Waals surface area contributed by atoms with Crippen molar-refractivity contribution < 1.29 is 39.2 Å². The number of aliphatic hydroxyl groups is 1. The van der Waals surface area contributed by atoms with Crippen molar-refractivity contribution in [2.24, 2.45) is 5.41 Å². The Hall–Kier alpha value is -6.26. The van der Waals surface area contributed by atoms with Crippen LogP contribution in [0.4, 0.5) is 0 Å². The first-order chi connectivity index (χ1) is 35.6. The molecule has 4 aromatic carbocycles. The minimum absolute atomic E-state index is 0.00947. The van der Waals surface area contributed by atoms with Crippen LogP contribution >= 0.6 is 22.9 Å². The van der Waals surface area contributed by atoms with E-state index in [9.17, 15) is 34.5 Å². The Morgan fingerprint density at radius 1 is 0.797 bits per heavy atom. The highest BCUT2D eigenvalue weighted by atomic mass is 35.5. The fourth-order valence-electron chi connectivity index (χ4n) is 9.63. The number of hydrogen-bond donors (Lipinski definition) is 5. The molecule has 0 saturated carbocycles. The number of piperazine rings is 1. The van der Waals surface area contributed by atoms with Crippen LogP contribution in [-0.4, -0.2) is 129 Å². The minimum Gasteiger partial charge on any atom is -0.508 e. The topological polar surface area (TPSA) is 185 Å². The second-order valence-corrected chi connectivity index (χ2v) is 21.6. The van der Waals surface area contributed by atoms with Gasteiger partial charge in [0.2, 0.25) is 23.6 Å². The van der Waals surface area contributed by atoms with Crippen LogP contribution in [-0.2, 0) is 25.7 Å². The van der Waals surface area contributed by atoms with E-state index in [1.807, 2.05) is 111 Å². The summed E-state index contributed by atoms with van der Waals surface area (Å²) < 4.78 is 6.17. The van der Waals surface area contributed by atoms with Gasteiger partial charge in [0.15, 0.2) is 0 Å². The summed E-state index contributed by atoms with van der Waals surface area (Å²) in [5.74, 6) is 0.670. The summed E-state index contributed by atoms with van der Waals surface area (Å²) in [6, 6.07) is 28.3. The zero-order chi connectivity index (χ0) is 52.8. The smallest absolute Gasteiger partial charge is 0.246 e. The number of β-amino-alcohol motifs (C(OH)–C–C–N with tert-alkyl or cyclic N) is 1. The molecule has 14 nitrogen and oxygen atoms in total. The molecule has 0 bridgehead atoms. The van der Waals surface area contributed by atoms with E-state index in [4.69, 9.17) is 16.3 Å². The number of thiazole rings is 1. The second kappa shape index (κ2) is 26.3. The van der Waals surface area contributed by atoms with Crippen molar-refractivity contribution in [3.8, 4) is 27.7 Å². The fraction of sp³-hybridized carbons (Fsp3) is 0.431. The number of carbonyl (C=O) groups is 4. The predicted octanol–water partition coefficient (Wildman–Crippen LogP) is 8.79. The summed E-state index contributed by atoms with van der Waals surface area (Å²) in [5, 5.41) is 36.5. The van der Waals surface area contributed by atoms with Gasteiger partial charge in [-0.05, 0) is 107 Å². The molecule has 1 unspecified atom stereocenters. The highest BCUT2D eigenvalue weighted by Gasteiger charge is 2.44. The molecule has 2 fully saturated rings. The molecule has 2 aliphatic rings. The van der Waals surface area contributed by atoms with Gasteiger partial charge in [0.1, 0.15) is 35.9 Å². The molecule has 3 atom stereocenters. The van der Waals surface area contributed by atoms with Crippen LogP contribution in [0.15, 0.2) is 103 Å². The number of benzene rings is 4. The number of phenolic OH excluding ortho intramolecular Hbond substituents is 2. The second-order valence-electron chi connectivity index (χ2n) is 20.3. The van der Waals surface area contributed by atoms with Crippen LogP contribution < -0.4 is 15.4 Å². The number of aryl methyl sites for hydroxylation is 1. The molecule has 74 heavy (non-hydrogen) atoms. The number of aromatic nitrogens is 1. The maximum atomic E-state index is 14.1. The largest absolute Gasteiger partial charge is 0.508 e. The fourth-order valence-corrected chi connectivity index (χ4v) is 10.6. The van der Waals surface area contributed by atoms with Gasteiger partial charge in [0.05, 0.1) is 22.2 Å². The molecule has 394 valence electrons. The zero-order valence-electron chi connectivity index (χ0n) is 43.0. The Kier molecular flexibility index (Phi) is 19.7. The van der Waals surface area contributed by atoms with Crippen molar-refractivity contribution in [2.75, 3.05) is 51.8 Å². The normalized spacial score (nSPS) is 16.9. The molecule has 0 aliphatic carbocycles. The summed E-state index contributed by atoms with van der Waals surface area (Å²) in [6.45, 7) is 11.9. The SMILES string of the molecule is Cc1ncsc1-c1ccc(CNC(=O)[C@@H]2C[C@@H](O)CN2C(=O)C(NC(=O)CCCCCCC(=O)N2CCN(CCOc3ccc(C(=C(CCCl)c4ccc(O)cc4)c4ccc(O)cc4)cc3)CC2)C(C)(C)C)cc1. The van der Waals surface area contributed by atoms with Gasteiger partial charge in [-0.25, -0.2) is 4.98 Å². The summed E-state index contributed by atoms with van der Waals surface area (Å²) in [4.78, 5) is 65.0. The Morgan fingerprint density at radius 2 is 1.41 bits per heavy atom. The van der Waals surface area contributed by atoms with Gasteiger partial charge in [-0.15, -0.1) is 22.9 Å². The van der Waals surface area contributed by atoms with Crippen LogP contribution in [0.5, 0.6) is 17.2 Å². The standard InChI is InChI=1S/C58H71ClN6O8S/c1-39-54(74-38-61-39)44-13-11-40(12-14-44)36-60-56(71)50-35-47(68)37-65(50)57(72)55(58(2,3)4)62-51(69)9-7-5-6-8-10-52(70)64-31-29-63(30-32-64)33-34-73-48-25-19-43(20-26-48)53(42-17-23-46(67)24-18-42)49(27-28-59)41-15-21-45(66)22-16-41/h11-26,38,47,50,55,66-68H,5-10,27-37H2,1-4H3,(H,60,71)(H,62,69)/t47-,50+,55?/m1/s1. The van der Waals surface area contributed by atoms with Gasteiger partial charge in [-0.2, -0.15) is 0 Å². The van der Waals surface area contributed by atoms with E-state index in [0.717, 1.165) is 94.2 Å². The molecule has 0 radical (unpaired) electrons. The number of unbranched alkanes of at least 4 members (excludes halogenated alkanes) is 3. The number of ether oxygens (including phenoxy) is 1. The van der Waals surface area contributed by atoms with Crippen LogP contribution in [0, 0.1) is 12.3 Å². The van der Waals surface area contributed by atoms with Crippen LogP contribution in [0.25, 0.3) is 21.6 Å². The molecular formula is C58H71ClN6O8S. The number of aromatic hydroxyl groups is 2.